The van der Waals surface area contributed by atoms with E-state index < -0.39 is 43.7 Å². The molecule has 0 saturated carbocycles. The summed E-state index contributed by atoms with van der Waals surface area (Å²) in [6, 6.07) is 4.22. The molecule has 2 N–H and O–H groups in total. The Morgan fingerprint density at radius 1 is 1.40 bits per heavy atom. The summed E-state index contributed by atoms with van der Waals surface area (Å²) in [5.74, 6) is -1.93. The van der Waals surface area contributed by atoms with Gasteiger partial charge in [0.15, 0.2) is 16.4 Å². The summed E-state index contributed by atoms with van der Waals surface area (Å²) in [4.78, 5) is 33.1. The fourth-order valence-electron chi connectivity index (χ4n) is 1.76. The number of carbonyl (C=O) groups excluding carboxylic acids is 2. The van der Waals surface area contributed by atoms with E-state index in [9.17, 15) is 28.1 Å². The lowest BCUT2D eigenvalue weighted by molar-refractivity contribution is -0.387. The molecule has 0 aliphatic rings. The molecule has 132 valence electrons. The van der Waals surface area contributed by atoms with E-state index in [4.69, 9.17) is 11.0 Å². The number of nitrogens with zero attached hydrogens (tertiary/aromatic N) is 2. The van der Waals surface area contributed by atoms with Gasteiger partial charge in [-0.2, -0.15) is 5.26 Å². The van der Waals surface area contributed by atoms with E-state index in [0.29, 0.717) is 0 Å². The number of benzene rings is 1. The molecule has 1 aromatic rings. The normalized spacial score (nSPS) is 11.9. The van der Waals surface area contributed by atoms with Crippen LogP contribution in [0.5, 0.6) is 0 Å². The number of Topliss-reactive ketones (excluding diaryl/α,β-unsaturated/α-hetero) is 1. The van der Waals surface area contributed by atoms with Gasteiger partial charge in [-0.1, -0.05) is 0 Å². The van der Waals surface area contributed by atoms with E-state index in [-0.39, 0.29) is 16.8 Å². The van der Waals surface area contributed by atoms with Crippen LogP contribution in [0.4, 0.5) is 5.69 Å². The van der Waals surface area contributed by atoms with E-state index >= 15 is 0 Å². The van der Waals surface area contributed by atoms with Crippen LogP contribution in [0.3, 0.4) is 0 Å². The van der Waals surface area contributed by atoms with Crippen molar-refractivity contribution in [1.82, 2.24) is 0 Å². The van der Waals surface area contributed by atoms with Crippen LogP contribution in [-0.2, 0) is 19.4 Å². The molecule has 0 radical (unpaired) electrons. The Morgan fingerprint density at radius 3 is 2.44 bits per heavy atom. The van der Waals surface area contributed by atoms with Crippen molar-refractivity contribution in [3.05, 3.63) is 45.1 Å². The quantitative estimate of drug-likeness (QED) is 0.247. The average molecular weight is 367 g/mol. The fraction of sp³-hybridized carbons (Fsp3) is 0.214. The molecule has 0 heterocycles. The number of ether oxygens (including phenoxy) is 1. The summed E-state index contributed by atoms with van der Waals surface area (Å²) >= 11 is 0. The number of hydrogen-bond donors (Lipinski definition) is 1. The van der Waals surface area contributed by atoms with Crippen molar-refractivity contribution in [2.75, 3.05) is 12.9 Å². The second kappa shape index (κ2) is 7.54. The number of nitrogens with two attached hydrogens (primary N) is 1. The third-order valence-electron chi connectivity index (χ3n) is 2.91. The molecule has 0 fully saturated rings. The summed E-state index contributed by atoms with van der Waals surface area (Å²) in [5, 5.41) is 19.8. The van der Waals surface area contributed by atoms with E-state index in [1.54, 1.807) is 6.07 Å². The van der Waals surface area contributed by atoms with Crippen LogP contribution in [0.25, 0.3) is 0 Å². The van der Waals surface area contributed by atoms with Crippen molar-refractivity contribution in [2.24, 2.45) is 5.73 Å². The lowest BCUT2D eigenvalue weighted by Gasteiger charge is -2.06. The van der Waals surface area contributed by atoms with Gasteiger partial charge in [0.25, 0.3) is 5.69 Å². The van der Waals surface area contributed by atoms with Crippen LogP contribution in [0.2, 0.25) is 0 Å². The molecule has 11 heteroatoms. The second-order valence-corrected chi connectivity index (χ2v) is 6.87. The molecule has 1 rings (SSSR count). The minimum Gasteiger partial charge on any atom is -0.454 e. The van der Waals surface area contributed by atoms with Crippen LogP contribution in [-0.4, -0.2) is 38.0 Å². The summed E-state index contributed by atoms with van der Waals surface area (Å²) < 4.78 is 27.7. The highest BCUT2D eigenvalue weighted by Crippen LogP contribution is 2.25. The summed E-state index contributed by atoms with van der Waals surface area (Å²) in [7, 11) is -3.87. The summed E-state index contributed by atoms with van der Waals surface area (Å²) in [5.41, 5.74) is 3.81. The number of ketones is 1. The molecule has 10 nitrogen and oxygen atoms in total. The molecule has 0 aliphatic heterocycles. The van der Waals surface area contributed by atoms with Gasteiger partial charge >= 0.3 is 5.97 Å². The SMILES string of the molecule is C/C(N)=C(/C#N)C(=O)COC(=O)c1ccc(S(C)(=O)=O)c([N+](=O)[O-])c1. The first-order valence-electron chi connectivity index (χ1n) is 6.54. The van der Waals surface area contributed by atoms with Crippen molar-refractivity contribution in [2.45, 2.75) is 11.8 Å². The molecule has 0 spiro atoms. The van der Waals surface area contributed by atoms with Gasteiger partial charge in [0, 0.05) is 18.0 Å². The molecule has 0 bridgehead atoms. The van der Waals surface area contributed by atoms with Crippen molar-refractivity contribution >= 4 is 27.3 Å². The maximum absolute atomic E-state index is 11.9. The Bertz CT molecular complexity index is 922. The molecule has 0 amide bonds. The first-order valence-corrected chi connectivity index (χ1v) is 8.43. The van der Waals surface area contributed by atoms with Gasteiger partial charge in [-0.15, -0.1) is 0 Å². The van der Waals surface area contributed by atoms with Crippen molar-refractivity contribution in [1.29, 1.82) is 5.26 Å². The Labute approximate surface area is 142 Å². The van der Waals surface area contributed by atoms with Crippen LogP contribution >= 0.6 is 0 Å². The average Bonchev–Trinajstić information content (AvgIpc) is 2.51. The van der Waals surface area contributed by atoms with Crippen molar-refractivity contribution in [3.63, 3.8) is 0 Å². The monoisotopic (exact) mass is 367 g/mol. The Hall–Kier alpha value is -3.26. The van der Waals surface area contributed by atoms with Crippen molar-refractivity contribution in [3.8, 4) is 6.07 Å². The van der Waals surface area contributed by atoms with Crippen LogP contribution in [0.15, 0.2) is 34.4 Å². The van der Waals surface area contributed by atoms with Gasteiger partial charge in [-0.05, 0) is 19.1 Å². The van der Waals surface area contributed by atoms with E-state index in [2.05, 4.69) is 4.74 Å². The highest BCUT2D eigenvalue weighted by molar-refractivity contribution is 7.90. The number of nitro benzene ring substituents is 1. The first-order chi connectivity index (χ1) is 11.5. The molecule has 0 unspecified atom stereocenters. The zero-order valence-electron chi connectivity index (χ0n) is 13.2. The zero-order valence-corrected chi connectivity index (χ0v) is 14.0. The van der Waals surface area contributed by atoms with Gasteiger partial charge in [-0.3, -0.25) is 14.9 Å². The molecule has 0 aromatic heterocycles. The summed E-state index contributed by atoms with van der Waals surface area (Å²) in [6.07, 6.45) is 0.789. The Kier molecular flexibility index (Phi) is 5.97. The molecule has 1 aromatic carbocycles. The van der Waals surface area contributed by atoms with Gasteiger partial charge in [0.1, 0.15) is 16.5 Å². The highest BCUT2D eigenvalue weighted by atomic mass is 32.2. The van der Waals surface area contributed by atoms with Crippen LogP contribution < -0.4 is 5.73 Å². The summed E-state index contributed by atoms with van der Waals surface area (Å²) in [6.45, 7) is 0.531. The molecular weight excluding hydrogens is 354 g/mol. The van der Waals surface area contributed by atoms with Crippen LogP contribution in [0, 0.1) is 21.4 Å². The lowest BCUT2D eigenvalue weighted by atomic mass is 10.1. The largest absolute Gasteiger partial charge is 0.454 e. The Morgan fingerprint density at radius 2 is 2.00 bits per heavy atom. The van der Waals surface area contributed by atoms with Crippen LogP contribution in [0.1, 0.15) is 17.3 Å². The first kappa shape index (κ1) is 19.8. The number of allylic oxidation sites excluding steroid dienone is 1. The number of sulfone groups is 1. The predicted molar refractivity (Wildman–Crippen MR) is 84.0 cm³/mol. The number of hydrogen-bond acceptors (Lipinski definition) is 9. The minimum atomic E-state index is -3.87. The lowest BCUT2D eigenvalue weighted by Crippen LogP contribution is -2.18. The number of carbonyl (C=O) groups is 2. The third-order valence-corrected chi connectivity index (χ3v) is 4.05. The second-order valence-electron chi connectivity index (χ2n) is 4.88. The van der Waals surface area contributed by atoms with Gasteiger partial charge in [-0.25, -0.2) is 13.2 Å². The number of nitro groups is 1. The van der Waals surface area contributed by atoms with Gasteiger partial charge < -0.3 is 10.5 Å². The van der Waals surface area contributed by atoms with E-state index in [1.165, 1.54) is 6.92 Å². The molecule has 25 heavy (non-hydrogen) atoms. The molecule has 0 atom stereocenters. The molecule has 0 saturated heterocycles. The third kappa shape index (κ3) is 4.85. The maximum atomic E-state index is 11.9. The number of esters is 1. The fourth-order valence-corrected chi connectivity index (χ4v) is 2.59. The smallest absolute Gasteiger partial charge is 0.338 e. The van der Waals surface area contributed by atoms with Crippen molar-refractivity contribution < 1.29 is 27.7 Å². The van der Waals surface area contributed by atoms with E-state index in [1.807, 2.05) is 0 Å². The minimum absolute atomic E-state index is 0.0447. The number of nitriles is 1. The molecule has 0 aliphatic carbocycles. The predicted octanol–water partition coefficient (Wildman–Crippen LogP) is 0.480. The maximum Gasteiger partial charge on any atom is 0.338 e. The zero-order chi connectivity index (χ0) is 19.4. The highest BCUT2D eigenvalue weighted by Gasteiger charge is 2.25. The number of rotatable bonds is 6. The van der Waals surface area contributed by atoms with Gasteiger partial charge in [0.05, 0.1) is 10.5 Å². The standard InChI is InChI=1S/C14H13N3O7S/c1-8(16)10(6-15)12(18)7-24-14(19)9-3-4-13(25(2,22)23)11(5-9)17(20)21/h3-5H,7,16H2,1-2H3/b10-8+. The Balaban J connectivity index is 3.07. The van der Waals surface area contributed by atoms with Gasteiger partial charge in [0.2, 0.25) is 5.78 Å². The topological polar surface area (TPSA) is 170 Å². The van der Waals surface area contributed by atoms with E-state index in [0.717, 1.165) is 24.5 Å². The molecular formula is C14H13N3O7S.